The molecule has 1 aliphatic rings. The maximum Gasteiger partial charge on any atom is 0.407 e. The summed E-state index contributed by atoms with van der Waals surface area (Å²) >= 11 is 0. The summed E-state index contributed by atoms with van der Waals surface area (Å²) in [6, 6.07) is 8.87. The number of rotatable bonds is 12. The van der Waals surface area contributed by atoms with E-state index in [0.717, 1.165) is 65.8 Å². The number of imidazole rings is 2. The Morgan fingerprint density at radius 2 is 1.80 bits per heavy atom. The number of alkyl carbamates (subject to hydrolysis) is 2. The summed E-state index contributed by atoms with van der Waals surface area (Å²) < 4.78 is 9.17. The van der Waals surface area contributed by atoms with Gasteiger partial charge in [0, 0.05) is 36.8 Å². The minimum atomic E-state index is -0.698. The molecule has 1 fully saturated rings. The lowest BCUT2D eigenvalue weighted by molar-refractivity contribution is -0.135. The summed E-state index contributed by atoms with van der Waals surface area (Å²) in [6.07, 6.45) is 6.02. The molecule has 51 heavy (non-hydrogen) atoms. The number of carbonyl (C=O) groups is 4. The zero-order chi connectivity index (χ0) is 36.3. The Morgan fingerprint density at radius 3 is 2.55 bits per heavy atom. The van der Waals surface area contributed by atoms with E-state index in [2.05, 4.69) is 57.4 Å². The number of ether oxygens (including phenoxy) is 2. The summed E-state index contributed by atoms with van der Waals surface area (Å²) in [4.78, 5) is 70.3. The molecular formula is C36H43N9O6. The second kappa shape index (κ2) is 17.1. The van der Waals surface area contributed by atoms with Crippen molar-refractivity contribution < 1.29 is 28.7 Å². The molecule has 0 spiro atoms. The molecule has 268 valence electrons. The molecule has 0 radical (unpaired) electrons. The van der Waals surface area contributed by atoms with E-state index in [1.54, 1.807) is 17.3 Å². The van der Waals surface area contributed by atoms with Crippen LogP contribution in [0.4, 0.5) is 9.59 Å². The van der Waals surface area contributed by atoms with Crippen LogP contribution in [0.2, 0.25) is 0 Å². The zero-order valence-electron chi connectivity index (χ0n) is 29.2. The lowest BCUT2D eigenvalue weighted by Gasteiger charge is -2.29. The van der Waals surface area contributed by atoms with Crippen molar-refractivity contribution in [3.8, 4) is 23.1 Å². The number of unbranched alkanes of at least 4 members (excludes halogenated alkanes) is 1. The van der Waals surface area contributed by atoms with Gasteiger partial charge < -0.3 is 40.3 Å². The average Bonchev–Trinajstić information content (AvgIpc) is 3.91. The van der Waals surface area contributed by atoms with E-state index in [1.165, 1.54) is 14.2 Å². The SMILES string of the molecule is COC(=O)NCC(=O)NCCCCc1nc2ccc(-c3ccc(C#Cc4cnc(C5CCCN5C(=O)C(NC(=O)OC)C(C)C)[nH]4)cn3)cc2[nH]1. The molecule has 1 saturated heterocycles. The number of methoxy groups -OCH3 is 2. The van der Waals surface area contributed by atoms with Crippen LogP contribution in [0.5, 0.6) is 0 Å². The lowest BCUT2D eigenvalue weighted by Crippen LogP contribution is -2.51. The molecule has 0 aliphatic carbocycles. The van der Waals surface area contributed by atoms with Gasteiger partial charge in [0.25, 0.3) is 0 Å². The molecular weight excluding hydrogens is 654 g/mol. The van der Waals surface area contributed by atoms with E-state index in [9.17, 15) is 19.2 Å². The number of H-pyrrole nitrogens is 2. The molecule has 1 aromatic carbocycles. The molecule has 2 atom stereocenters. The van der Waals surface area contributed by atoms with E-state index >= 15 is 0 Å². The number of aryl methyl sites for hydroxylation is 1. The highest BCUT2D eigenvalue weighted by atomic mass is 16.5. The molecule has 5 rings (SSSR count). The van der Waals surface area contributed by atoms with Gasteiger partial charge in [-0.25, -0.2) is 19.6 Å². The van der Waals surface area contributed by atoms with E-state index in [1.807, 2.05) is 44.2 Å². The number of fused-ring (bicyclic) bond motifs is 1. The summed E-state index contributed by atoms with van der Waals surface area (Å²) in [6.45, 7) is 4.72. The van der Waals surface area contributed by atoms with E-state index < -0.39 is 18.2 Å². The van der Waals surface area contributed by atoms with Crippen LogP contribution in [0.25, 0.3) is 22.3 Å². The minimum Gasteiger partial charge on any atom is -0.453 e. The Morgan fingerprint density at radius 1 is 0.980 bits per heavy atom. The second-order valence-corrected chi connectivity index (χ2v) is 12.5. The molecule has 3 aromatic heterocycles. The molecule has 15 heteroatoms. The summed E-state index contributed by atoms with van der Waals surface area (Å²) in [5.41, 5.74) is 4.87. The van der Waals surface area contributed by atoms with Crippen molar-refractivity contribution in [2.75, 3.05) is 33.9 Å². The molecule has 1 aliphatic heterocycles. The van der Waals surface area contributed by atoms with Gasteiger partial charge in [0.05, 0.1) is 49.7 Å². The molecule has 4 heterocycles. The zero-order valence-corrected chi connectivity index (χ0v) is 29.2. The van der Waals surface area contributed by atoms with Crippen molar-refractivity contribution in [1.29, 1.82) is 0 Å². The van der Waals surface area contributed by atoms with Crippen LogP contribution in [0.15, 0.2) is 42.7 Å². The highest BCUT2D eigenvalue weighted by molar-refractivity contribution is 5.86. The predicted molar refractivity (Wildman–Crippen MR) is 188 cm³/mol. The Bertz CT molecular complexity index is 1910. The number of aromatic amines is 2. The minimum absolute atomic E-state index is 0.112. The fourth-order valence-corrected chi connectivity index (χ4v) is 5.81. The van der Waals surface area contributed by atoms with Gasteiger partial charge >= 0.3 is 12.2 Å². The molecule has 4 aromatic rings. The number of benzene rings is 1. The highest BCUT2D eigenvalue weighted by Gasteiger charge is 2.37. The number of nitrogens with zero attached hydrogens (tertiary/aromatic N) is 4. The fourth-order valence-electron chi connectivity index (χ4n) is 5.81. The predicted octanol–water partition coefficient (Wildman–Crippen LogP) is 3.59. The third kappa shape index (κ3) is 9.62. The number of amides is 4. The van der Waals surface area contributed by atoms with Gasteiger partial charge in [-0.2, -0.15) is 0 Å². The van der Waals surface area contributed by atoms with Gasteiger partial charge in [0.2, 0.25) is 11.8 Å². The quantitative estimate of drug-likeness (QED) is 0.109. The number of aromatic nitrogens is 5. The number of nitrogens with one attached hydrogen (secondary N) is 5. The topological polar surface area (TPSA) is 196 Å². The Labute approximate surface area is 295 Å². The number of hydrogen-bond acceptors (Lipinski definition) is 9. The molecule has 4 amide bonds. The molecule has 5 N–H and O–H groups in total. The van der Waals surface area contributed by atoms with Gasteiger partial charge in [-0.05, 0) is 61.8 Å². The standard InChI is InChI=1S/C36H43N9O6/c1-22(2)32(44-36(49)51-4)34(47)45-17-7-8-29(45)33-39-20-25(41-33)13-10-23-11-14-26(38-19-23)24-12-15-27-28(18-24)43-30(42-27)9-5-6-16-37-31(46)21-40-35(48)50-3/h11-12,14-15,18-20,22,29,32H,5-9,16-17,21H2,1-4H3,(H,37,46)(H,39,41)(H,40,48)(H,42,43)(H,44,49). The van der Waals surface area contributed by atoms with Gasteiger partial charge in [0.1, 0.15) is 23.4 Å². The Kier molecular flexibility index (Phi) is 12.2. The largest absolute Gasteiger partial charge is 0.453 e. The summed E-state index contributed by atoms with van der Waals surface area (Å²) in [5, 5.41) is 7.77. The van der Waals surface area contributed by atoms with Crippen molar-refractivity contribution in [2.45, 2.75) is 58.0 Å². The number of likely N-dealkylation sites (tertiary alicyclic amines) is 1. The van der Waals surface area contributed by atoms with Crippen LogP contribution in [-0.4, -0.2) is 93.7 Å². The molecule has 2 unspecified atom stereocenters. The first kappa shape index (κ1) is 36.4. The first-order valence-corrected chi connectivity index (χ1v) is 16.9. The Hall–Kier alpha value is -5.91. The maximum absolute atomic E-state index is 13.4. The van der Waals surface area contributed by atoms with Crippen molar-refractivity contribution in [1.82, 2.24) is 45.8 Å². The average molecular weight is 698 g/mol. The van der Waals surface area contributed by atoms with Crippen LogP contribution < -0.4 is 16.0 Å². The van der Waals surface area contributed by atoms with Gasteiger partial charge in [-0.3, -0.25) is 14.6 Å². The van der Waals surface area contributed by atoms with E-state index in [0.29, 0.717) is 24.6 Å². The number of hydrogen-bond donors (Lipinski definition) is 5. The fraction of sp³-hybridized carbons (Fsp3) is 0.417. The van der Waals surface area contributed by atoms with Crippen molar-refractivity contribution >= 4 is 35.0 Å². The third-order valence-electron chi connectivity index (χ3n) is 8.51. The number of pyridine rings is 1. The van der Waals surface area contributed by atoms with Crippen LogP contribution in [-0.2, 0) is 25.5 Å². The van der Waals surface area contributed by atoms with Gasteiger partial charge in [-0.15, -0.1) is 0 Å². The van der Waals surface area contributed by atoms with Crippen LogP contribution in [0, 0.1) is 17.8 Å². The van der Waals surface area contributed by atoms with Crippen molar-refractivity contribution in [2.24, 2.45) is 5.92 Å². The van der Waals surface area contributed by atoms with E-state index in [4.69, 9.17) is 4.74 Å². The maximum atomic E-state index is 13.4. The molecule has 15 nitrogen and oxygen atoms in total. The van der Waals surface area contributed by atoms with Crippen LogP contribution >= 0.6 is 0 Å². The Balaban J connectivity index is 1.15. The smallest absolute Gasteiger partial charge is 0.407 e. The van der Waals surface area contributed by atoms with Crippen LogP contribution in [0.3, 0.4) is 0 Å². The van der Waals surface area contributed by atoms with Crippen molar-refractivity contribution in [3.63, 3.8) is 0 Å². The first-order valence-electron chi connectivity index (χ1n) is 16.9. The summed E-state index contributed by atoms with van der Waals surface area (Å²) in [7, 11) is 2.52. The van der Waals surface area contributed by atoms with Gasteiger partial charge in [-0.1, -0.05) is 25.8 Å². The van der Waals surface area contributed by atoms with Crippen LogP contribution in [0.1, 0.15) is 68.5 Å². The van der Waals surface area contributed by atoms with Gasteiger partial charge in [0.15, 0.2) is 0 Å². The normalized spacial score (nSPS) is 14.5. The van der Waals surface area contributed by atoms with Crippen molar-refractivity contribution in [3.05, 3.63) is 65.6 Å². The first-order chi connectivity index (χ1) is 24.6. The molecule has 0 bridgehead atoms. The highest BCUT2D eigenvalue weighted by Crippen LogP contribution is 2.31. The second-order valence-electron chi connectivity index (χ2n) is 12.5. The molecule has 0 saturated carbocycles. The van der Waals surface area contributed by atoms with E-state index in [-0.39, 0.29) is 30.3 Å². The lowest BCUT2D eigenvalue weighted by atomic mass is 10.0. The monoisotopic (exact) mass is 697 g/mol. The third-order valence-corrected chi connectivity index (χ3v) is 8.51. The summed E-state index contributed by atoms with van der Waals surface area (Å²) in [5.74, 6) is 7.22. The number of carbonyl (C=O) groups excluding carboxylic acids is 4.